The van der Waals surface area contributed by atoms with Crippen LogP contribution in [0.4, 0.5) is 5.82 Å². The highest BCUT2D eigenvalue weighted by molar-refractivity contribution is 7.20. The van der Waals surface area contributed by atoms with Gasteiger partial charge in [0.15, 0.2) is 5.82 Å². The van der Waals surface area contributed by atoms with E-state index in [1.165, 1.54) is 56.5 Å². The molecule has 146 valence electrons. The van der Waals surface area contributed by atoms with Crippen LogP contribution in [0.1, 0.15) is 60.1 Å². The maximum atomic E-state index is 12.4. The Morgan fingerprint density at radius 1 is 1.15 bits per heavy atom. The number of anilines is 1. The van der Waals surface area contributed by atoms with Crippen LogP contribution < -0.4 is 9.80 Å². The molecule has 2 aromatic rings. The van der Waals surface area contributed by atoms with Gasteiger partial charge in [-0.25, -0.2) is 14.8 Å². The van der Waals surface area contributed by atoms with Crippen molar-refractivity contribution >= 4 is 33.3 Å². The molecule has 2 aromatic heterocycles. The lowest BCUT2D eigenvalue weighted by Gasteiger charge is -2.24. The van der Waals surface area contributed by atoms with Crippen LogP contribution in [0.2, 0.25) is 0 Å². The van der Waals surface area contributed by atoms with E-state index in [-0.39, 0.29) is 5.97 Å². The van der Waals surface area contributed by atoms with Crippen LogP contribution in [0.5, 0.6) is 0 Å². The minimum absolute atomic E-state index is 0.242. The first kappa shape index (κ1) is 18.6. The molecule has 0 saturated carbocycles. The highest BCUT2D eigenvalue weighted by Gasteiger charge is 2.26. The van der Waals surface area contributed by atoms with Gasteiger partial charge in [0.05, 0.1) is 25.1 Å². The number of aryl methyl sites for hydroxylation is 1. The highest BCUT2D eigenvalue weighted by Crippen LogP contribution is 2.36. The Balaban J connectivity index is 1.75. The number of hydrogen-bond acceptors (Lipinski definition) is 6. The van der Waals surface area contributed by atoms with Gasteiger partial charge in [0.25, 0.3) is 0 Å². The molecule has 0 spiro atoms. The summed E-state index contributed by atoms with van der Waals surface area (Å²) >= 11 is 1.46. The molecule has 0 bridgehead atoms. The fraction of sp³-hybridized carbons (Fsp3) is 0.650. The zero-order valence-corrected chi connectivity index (χ0v) is 17.2. The highest BCUT2D eigenvalue weighted by atomic mass is 32.1. The fourth-order valence-corrected chi connectivity index (χ4v) is 5.33. The van der Waals surface area contributed by atoms with Gasteiger partial charge in [-0.15, -0.1) is 11.3 Å². The summed E-state index contributed by atoms with van der Waals surface area (Å²) < 4.78 is 5.26. The monoisotopic (exact) mass is 389 g/mol. The number of thiophene rings is 1. The maximum Gasteiger partial charge on any atom is 0.348 e. The molecule has 4 heterocycles. The van der Waals surface area contributed by atoms with Gasteiger partial charge in [-0.3, -0.25) is 0 Å². The average molecular weight is 390 g/mol. The molecule has 27 heavy (non-hydrogen) atoms. The number of ether oxygens (including phenoxy) is 1. The molecule has 2 fully saturated rings. The second-order valence-electron chi connectivity index (χ2n) is 7.60. The maximum absolute atomic E-state index is 12.4. The molecule has 2 aliphatic heterocycles. The minimum Gasteiger partial charge on any atom is -0.462 e. The van der Waals surface area contributed by atoms with Crippen LogP contribution >= 0.6 is 11.3 Å². The number of hydrogen-bond donors (Lipinski definition) is 1. The number of quaternary nitrogens is 1. The standard InChI is InChI=1S/C20H28N4O2S/c1-3-26-20(25)17-14(2)16-18(24-11-7-8-12-24)21-15(22-19(16)27-17)13-23-9-5-4-6-10-23/h3-13H2,1-2H3/p+1. The number of likely N-dealkylation sites (tertiary alicyclic amines) is 1. The van der Waals surface area contributed by atoms with Crippen molar-refractivity contribution in [3.63, 3.8) is 0 Å². The SMILES string of the molecule is CCOC(=O)c1sc2nc(C[NH+]3CCCCC3)nc(N3CCCC3)c2c1C. The second kappa shape index (κ2) is 8.10. The third-order valence-corrected chi connectivity index (χ3v) is 6.82. The summed E-state index contributed by atoms with van der Waals surface area (Å²) in [5.74, 6) is 1.69. The molecule has 0 radical (unpaired) electrons. The van der Waals surface area contributed by atoms with Crippen molar-refractivity contribution in [1.82, 2.24) is 9.97 Å². The van der Waals surface area contributed by atoms with Gasteiger partial charge in [-0.05, 0) is 51.5 Å². The van der Waals surface area contributed by atoms with Gasteiger partial charge in [0.1, 0.15) is 22.1 Å². The number of nitrogens with zero attached hydrogens (tertiary/aromatic N) is 3. The van der Waals surface area contributed by atoms with Crippen LogP contribution in [0.25, 0.3) is 10.2 Å². The zero-order valence-electron chi connectivity index (χ0n) is 16.3. The number of fused-ring (bicyclic) bond motifs is 1. The van der Waals surface area contributed by atoms with E-state index in [2.05, 4.69) is 4.90 Å². The van der Waals surface area contributed by atoms with E-state index in [9.17, 15) is 4.79 Å². The number of carbonyl (C=O) groups is 1. The largest absolute Gasteiger partial charge is 0.462 e. The van der Waals surface area contributed by atoms with Crippen molar-refractivity contribution in [2.24, 2.45) is 0 Å². The van der Waals surface area contributed by atoms with Gasteiger partial charge in [0, 0.05) is 13.1 Å². The minimum atomic E-state index is -0.242. The summed E-state index contributed by atoms with van der Waals surface area (Å²) in [6, 6.07) is 0. The molecular formula is C20H29N4O2S+. The Morgan fingerprint density at radius 3 is 2.59 bits per heavy atom. The second-order valence-corrected chi connectivity index (χ2v) is 8.60. The third kappa shape index (κ3) is 3.80. The van der Waals surface area contributed by atoms with Gasteiger partial charge >= 0.3 is 5.97 Å². The van der Waals surface area contributed by atoms with Crippen LogP contribution in [0.3, 0.4) is 0 Å². The summed E-state index contributed by atoms with van der Waals surface area (Å²) in [7, 11) is 0. The first-order valence-electron chi connectivity index (χ1n) is 10.2. The molecule has 0 amide bonds. The predicted octanol–water partition coefficient (Wildman–Crippen LogP) is 2.35. The summed E-state index contributed by atoms with van der Waals surface area (Å²) in [5.41, 5.74) is 0.965. The molecular weight excluding hydrogens is 360 g/mol. The molecule has 0 atom stereocenters. The summed E-state index contributed by atoms with van der Waals surface area (Å²) in [5, 5.41) is 1.04. The van der Waals surface area contributed by atoms with Gasteiger partial charge in [0.2, 0.25) is 0 Å². The van der Waals surface area contributed by atoms with Crippen molar-refractivity contribution in [3.8, 4) is 0 Å². The summed E-state index contributed by atoms with van der Waals surface area (Å²) in [6.07, 6.45) is 6.33. The Morgan fingerprint density at radius 2 is 1.89 bits per heavy atom. The Hall–Kier alpha value is -1.73. The fourth-order valence-electron chi connectivity index (χ4n) is 4.24. The Bertz CT molecular complexity index is 823. The third-order valence-electron chi connectivity index (χ3n) is 5.65. The number of esters is 1. The average Bonchev–Trinajstić information content (AvgIpc) is 3.31. The van der Waals surface area contributed by atoms with E-state index in [1.807, 2.05) is 13.8 Å². The van der Waals surface area contributed by atoms with Crippen LogP contribution in [-0.4, -0.2) is 48.7 Å². The van der Waals surface area contributed by atoms with E-state index >= 15 is 0 Å². The molecule has 6 nitrogen and oxygen atoms in total. The van der Waals surface area contributed by atoms with Crippen LogP contribution in [-0.2, 0) is 11.3 Å². The van der Waals surface area contributed by atoms with Crippen molar-refractivity contribution in [2.75, 3.05) is 37.7 Å². The lowest BCUT2D eigenvalue weighted by Crippen LogP contribution is -3.11. The smallest absolute Gasteiger partial charge is 0.348 e. The molecule has 2 aliphatic rings. The van der Waals surface area contributed by atoms with E-state index in [4.69, 9.17) is 14.7 Å². The summed E-state index contributed by atoms with van der Waals surface area (Å²) in [4.78, 5) is 27.8. The molecule has 0 aromatic carbocycles. The lowest BCUT2D eigenvalue weighted by molar-refractivity contribution is -0.919. The van der Waals surface area contributed by atoms with Crippen LogP contribution in [0, 0.1) is 6.92 Å². The number of piperidine rings is 1. The van der Waals surface area contributed by atoms with Crippen LogP contribution in [0.15, 0.2) is 0 Å². The lowest BCUT2D eigenvalue weighted by atomic mass is 10.1. The number of nitrogens with one attached hydrogen (secondary N) is 1. The number of rotatable bonds is 5. The van der Waals surface area contributed by atoms with Crippen molar-refractivity contribution in [2.45, 2.75) is 52.5 Å². The molecule has 4 rings (SSSR count). The van der Waals surface area contributed by atoms with Crippen molar-refractivity contribution in [1.29, 1.82) is 0 Å². The summed E-state index contributed by atoms with van der Waals surface area (Å²) in [6.45, 7) is 9.59. The van der Waals surface area contributed by atoms with E-state index < -0.39 is 0 Å². The Labute approximate surface area is 164 Å². The normalized spacial score (nSPS) is 18.4. The first-order chi connectivity index (χ1) is 13.2. The van der Waals surface area contributed by atoms with Crippen molar-refractivity contribution in [3.05, 3.63) is 16.3 Å². The van der Waals surface area contributed by atoms with Gasteiger partial charge in [-0.1, -0.05) is 0 Å². The van der Waals surface area contributed by atoms with Crippen molar-refractivity contribution < 1.29 is 14.4 Å². The molecule has 0 aliphatic carbocycles. The van der Waals surface area contributed by atoms with Gasteiger partial charge < -0.3 is 14.5 Å². The zero-order chi connectivity index (χ0) is 18.8. The molecule has 7 heteroatoms. The Kier molecular flexibility index (Phi) is 5.59. The predicted molar refractivity (Wildman–Crippen MR) is 108 cm³/mol. The molecule has 0 unspecified atom stereocenters. The first-order valence-corrected chi connectivity index (χ1v) is 11.0. The molecule has 2 saturated heterocycles. The van der Waals surface area contributed by atoms with E-state index in [1.54, 1.807) is 4.90 Å². The van der Waals surface area contributed by atoms with E-state index in [0.29, 0.717) is 11.5 Å². The van der Waals surface area contributed by atoms with E-state index in [0.717, 1.165) is 47.1 Å². The topological polar surface area (TPSA) is 59.8 Å². The molecule has 1 N–H and O–H groups in total. The number of carbonyl (C=O) groups excluding carboxylic acids is 1. The number of aromatic nitrogens is 2. The quantitative estimate of drug-likeness (QED) is 0.796. The van der Waals surface area contributed by atoms with Gasteiger partial charge in [-0.2, -0.15) is 0 Å².